The summed E-state index contributed by atoms with van der Waals surface area (Å²) in [6, 6.07) is 3.29. The Bertz CT molecular complexity index is 581. The van der Waals surface area contributed by atoms with Crippen molar-refractivity contribution in [3.05, 3.63) is 22.2 Å². The van der Waals surface area contributed by atoms with Gasteiger partial charge in [-0.15, -0.1) is 0 Å². The second-order valence-corrected chi connectivity index (χ2v) is 5.20. The van der Waals surface area contributed by atoms with Crippen LogP contribution in [0.4, 0.5) is 0 Å². The van der Waals surface area contributed by atoms with Gasteiger partial charge in [0.1, 0.15) is 0 Å². The smallest absolute Gasteiger partial charge is 0.341 e. The molecule has 0 fully saturated rings. The third-order valence-electron chi connectivity index (χ3n) is 2.34. The minimum Gasteiger partial charge on any atom is -0.493 e. The van der Waals surface area contributed by atoms with E-state index in [2.05, 4.69) is 31.8 Å². The molecule has 0 unspecified atom stereocenters. The highest BCUT2D eigenvalue weighted by Gasteiger charge is 2.10. The first-order valence-electron chi connectivity index (χ1n) is 6.27. The third kappa shape index (κ3) is 5.86. The summed E-state index contributed by atoms with van der Waals surface area (Å²) in [5.41, 5.74) is 3.38. The number of carboxylic acids is 1. The largest absolute Gasteiger partial charge is 0.493 e. The number of nitrogens with one attached hydrogen (secondary N) is 2. The molecule has 1 aromatic carbocycles. The lowest BCUT2D eigenvalue weighted by atomic mass is 10.2. The molecule has 0 radical (unpaired) electrons. The molecule has 3 N–H and O–H groups in total. The summed E-state index contributed by atoms with van der Waals surface area (Å²) >= 11 is 8.35. The molecule has 7 nitrogen and oxygen atoms in total. The van der Waals surface area contributed by atoms with Crippen LogP contribution >= 0.6 is 28.1 Å². The van der Waals surface area contributed by atoms with Crippen LogP contribution in [0.2, 0.25) is 0 Å². The first kappa shape index (κ1) is 18.2. The molecule has 0 saturated heterocycles. The van der Waals surface area contributed by atoms with Gasteiger partial charge in [0.05, 0.1) is 13.3 Å². The van der Waals surface area contributed by atoms with Gasteiger partial charge in [0.2, 0.25) is 0 Å². The van der Waals surface area contributed by atoms with E-state index < -0.39 is 12.6 Å². The van der Waals surface area contributed by atoms with Gasteiger partial charge >= 0.3 is 5.97 Å². The van der Waals surface area contributed by atoms with Crippen LogP contribution in [0.3, 0.4) is 0 Å². The van der Waals surface area contributed by atoms with Crippen LogP contribution in [-0.2, 0) is 4.79 Å². The molecular weight excluding hydrogens is 374 g/mol. The summed E-state index contributed by atoms with van der Waals surface area (Å²) < 4.78 is 11.0. The van der Waals surface area contributed by atoms with Gasteiger partial charge in [0, 0.05) is 16.6 Å². The van der Waals surface area contributed by atoms with Crippen LogP contribution in [0.5, 0.6) is 11.5 Å². The van der Waals surface area contributed by atoms with E-state index in [4.69, 9.17) is 26.8 Å². The zero-order valence-corrected chi connectivity index (χ0v) is 14.5. The molecule has 1 rings (SSSR count). The fourth-order valence-corrected chi connectivity index (χ4v) is 2.04. The molecular formula is C13H16BrN3O4S. The minimum atomic E-state index is -1.06. The van der Waals surface area contributed by atoms with E-state index in [1.165, 1.54) is 7.11 Å². The number of carboxylic acid groups (broad SMARTS) is 1. The van der Waals surface area contributed by atoms with E-state index in [9.17, 15) is 4.79 Å². The molecule has 9 heteroatoms. The molecule has 1 aromatic rings. The number of benzene rings is 1. The van der Waals surface area contributed by atoms with Crippen LogP contribution < -0.4 is 20.2 Å². The second-order valence-electron chi connectivity index (χ2n) is 3.94. The Kier molecular flexibility index (Phi) is 7.61. The highest BCUT2D eigenvalue weighted by molar-refractivity contribution is 9.10. The van der Waals surface area contributed by atoms with Gasteiger partial charge in [-0.25, -0.2) is 4.79 Å². The van der Waals surface area contributed by atoms with Gasteiger partial charge in [-0.2, -0.15) is 5.10 Å². The zero-order chi connectivity index (χ0) is 16.5. The zero-order valence-electron chi connectivity index (χ0n) is 12.1. The standard InChI is InChI=1S/C13H16BrN3O4S/c1-3-15-13(22)17-16-6-8-4-10(20-2)11(5-9(8)14)21-7-12(18)19/h4-6H,3,7H2,1-2H3,(H,18,19)(H2,15,17,22)/b16-6-. The summed E-state index contributed by atoms with van der Waals surface area (Å²) in [5.74, 6) is -0.338. The predicted octanol–water partition coefficient (Wildman–Crippen LogP) is 1.74. The van der Waals surface area contributed by atoms with Gasteiger partial charge in [-0.1, -0.05) is 0 Å². The molecule has 0 atom stereocenters. The number of nitrogens with zero attached hydrogens (tertiary/aromatic N) is 1. The van der Waals surface area contributed by atoms with Crippen molar-refractivity contribution in [2.24, 2.45) is 5.10 Å². The van der Waals surface area contributed by atoms with Crippen LogP contribution in [0, 0.1) is 0 Å². The van der Waals surface area contributed by atoms with Crippen molar-refractivity contribution in [2.45, 2.75) is 6.92 Å². The maximum Gasteiger partial charge on any atom is 0.341 e. The summed E-state index contributed by atoms with van der Waals surface area (Å²) in [6.45, 7) is 2.18. The van der Waals surface area contributed by atoms with E-state index in [0.717, 1.165) is 0 Å². The lowest BCUT2D eigenvalue weighted by molar-refractivity contribution is -0.139. The molecule has 120 valence electrons. The number of hydrogen-bond acceptors (Lipinski definition) is 5. The van der Waals surface area contributed by atoms with Gasteiger partial charge in [0.15, 0.2) is 23.2 Å². The average molecular weight is 390 g/mol. The number of rotatable bonds is 7. The van der Waals surface area contributed by atoms with Crippen molar-refractivity contribution in [2.75, 3.05) is 20.3 Å². The van der Waals surface area contributed by atoms with E-state index >= 15 is 0 Å². The molecule has 0 aliphatic carbocycles. The molecule has 0 aromatic heterocycles. The second kappa shape index (κ2) is 9.21. The molecule has 0 amide bonds. The number of hydrogen-bond donors (Lipinski definition) is 3. The van der Waals surface area contributed by atoms with Crippen LogP contribution in [0.1, 0.15) is 12.5 Å². The van der Waals surface area contributed by atoms with E-state index in [1.54, 1.807) is 18.3 Å². The minimum absolute atomic E-state index is 0.324. The first-order valence-corrected chi connectivity index (χ1v) is 7.47. The number of hydrazone groups is 1. The summed E-state index contributed by atoms with van der Waals surface area (Å²) in [7, 11) is 1.47. The Morgan fingerprint density at radius 3 is 2.82 bits per heavy atom. The monoisotopic (exact) mass is 389 g/mol. The number of halogens is 1. The predicted molar refractivity (Wildman–Crippen MR) is 90.8 cm³/mol. The van der Waals surface area contributed by atoms with Crippen LogP contribution in [0.25, 0.3) is 0 Å². The molecule has 0 spiro atoms. The van der Waals surface area contributed by atoms with Gasteiger partial charge < -0.3 is 19.9 Å². The topological polar surface area (TPSA) is 92.2 Å². The highest BCUT2D eigenvalue weighted by atomic mass is 79.9. The first-order chi connectivity index (χ1) is 10.5. The van der Waals surface area contributed by atoms with Crippen molar-refractivity contribution in [3.8, 4) is 11.5 Å². The maximum atomic E-state index is 10.6. The number of ether oxygens (including phenoxy) is 2. The Balaban J connectivity index is 2.86. The third-order valence-corrected chi connectivity index (χ3v) is 3.26. The molecule has 0 bridgehead atoms. The highest BCUT2D eigenvalue weighted by Crippen LogP contribution is 2.32. The SMILES string of the molecule is CCNC(=S)N/N=C\c1cc(OC)c(OCC(=O)O)cc1Br. The quantitative estimate of drug-likeness (QED) is 0.371. The number of methoxy groups -OCH3 is 1. The van der Waals surface area contributed by atoms with Crippen LogP contribution in [-0.4, -0.2) is 42.7 Å². The molecule has 0 aliphatic heterocycles. The van der Waals surface area contributed by atoms with E-state index in [-0.39, 0.29) is 0 Å². The summed E-state index contributed by atoms with van der Waals surface area (Å²) in [6.07, 6.45) is 1.55. The maximum absolute atomic E-state index is 10.6. The van der Waals surface area contributed by atoms with E-state index in [0.29, 0.717) is 33.2 Å². The van der Waals surface area contributed by atoms with Crippen molar-refractivity contribution >= 4 is 45.4 Å². The Morgan fingerprint density at radius 2 is 2.23 bits per heavy atom. The fourth-order valence-electron chi connectivity index (χ4n) is 1.42. The summed E-state index contributed by atoms with van der Waals surface area (Å²) in [5, 5.41) is 16.0. The lowest BCUT2D eigenvalue weighted by Gasteiger charge is -2.11. The number of thiocarbonyl (C=S) groups is 1. The number of aliphatic carboxylic acids is 1. The van der Waals surface area contributed by atoms with Gasteiger partial charge in [0.25, 0.3) is 0 Å². The number of carbonyl (C=O) groups is 1. The molecule has 0 heterocycles. The fraction of sp³-hybridized carbons (Fsp3) is 0.308. The normalized spacial score (nSPS) is 10.3. The lowest BCUT2D eigenvalue weighted by Crippen LogP contribution is -2.31. The van der Waals surface area contributed by atoms with Gasteiger partial charge in [-0.05, 0) is 47.2 Å². The summed E-state index contributed by atoms with van der Waals surface area (Å²) in [4.78, 5) is 10.6. The van der Waals surface area contributed by atoms with Crippen molar-refractivity contribution < 1.29 is 19.4 Å². The van der Waals surface area contributed by atoms with Crippen molar-refractivity contribution in [1.82, 2.24) is 10.7 Å². The van der Waals surface area contributed by atoms with Gasteiger partial charge in [-0.3, -0.25) is 5.43 Å². The Hall–Kier alpha value is -1.87. The molecule has 0 saturated carbocycles. The van der Waals surface area contributed by atoms with E-state index in [1.807, 2.05) is 6.92 Å². The Morgan fingerprint density at radius 1 is 1.50 bits per heavy atom. The van der Waals surface area contributed by atoms with Crippen LogP contribution in [0.15, 0.2) is 21.7 Å². The van der Waals surface area contributed by atoms with Crippen molar-refractivity contribution in [1.29, 1.82) is 0 Å². The molecule has 0 aliphatic rings. The Labute approximate surface area is 141 Å². The average Bonchev–Trinajstić information content (AvgIpc) is 2.47. The van der Waals surface area contributed by atoms with Crippen molar-refractivity contribution in [3.63, 3.8) is 0 Å². The molecule has 22 heavy (non-hydrogen) atoms.